The van der Waals surface area contributed by atoms with Crippen LogP contribution in [-0.4, -0.2) is 68.0 Å². The number of aliphatic hydroxyl groups is 3. The summed E-state index contributed by atoms with van der Waals surface area (Å²) < 4.78 is 0. The molecule has 0 heterocycles. The molecule has 1 radical (unpaired) electrons. The van der Waals surface area contributed by atoms with Crippen molar-refractivity contribution in [3.63, 3.8) is 0 Å². The van der Waals surface area contributed by atoms with Gasteiger partial charge in [-0.3, -0.25) is 4.79 Å². The van der Waals surface area contributed by atoms with E-state index in [1.807, 2.05) is 6.92 Å². The molecule has 0 aliphatic rings. The molecule has 0 saturated carbocycles. The largest absolute Gasteiger partial charge is 2.00 e. The van der Waals surface area contributed by atoms with Crippen LogP contribution in [0.3, 0.4) is 0 Å². The quantitative estimate of drug-likeness (QED) is 0.169. The number of rotatable bonds is 6. The fraction of sp³-hybridized carbons (Fsp3) is 0.185. The number of amides is 1. The summed E-state index contributed by atoms with van der Waals surface area (Å²) in [5.41, 5.74) is 4.58. The minimum atomic E-state index is -0.502. The van der Waals surface area contributed by atoms with Gasteiger partial charge in [0.1, 0.15) is 0 Å². The summed E-state index contributed by atoms with van der Waals surface area (Å²) in [5.74, 6) is -1.23. The van der Waals surface area contributed by atoms with Crippen LogP contribution in [0.5, 0.6) is 5.75 Å². The Morgan fingerprint density at radius 2 is 1.23 bits per heavy atom. The molecule has 0 fully saturated rings. The van der Waals surface area contributed by atoms with E-state index >= 15 is 0 Å². The van der Waals surface area contributed by atoms with E-state index < -0.39 is 5.90 Å². The maximum Gasteiger partial charge on any atom is 0.271 e. The molecule has 0 aromatic heterocycles. The third-order valence-corrected chi connectivity index (χ3v) is 4.06. The molecule has 40 heavy (non-hydrogen) atoms. The van der Waals surface area contributed by atoms with E-state index in [9.17, 15) is 15.0 Å². The summed E-state index contributed by atoms with van der Waals surface area (Å²) >= 11 is 0. The summed E-state index contributed by atoms with van der Waals surface area (Å²) in [6.45, 7) is 1.81. The Balaban J connectivity index is -0.000000595. The van der Waals surface area contributed by atoms with Crippen LogP contribution in [0.1, 0.15) is 32.6 Å². The fourth-order valence-corrected chi connectivity index (χ4v) is 2.62. The zero-order chi connectivity index (χ0) is 29.3. The number of carbonyl (C=O) groups is 1. The Labute approximate surface area is 245 Å². The predicted molar refractivity (Wildman–Crippen MR) is 144 cm³/mol. The van der Waals surface area contributed by atoms with E-state index in [2.05, 4.69) is 20.7 Å². The van der Waals surface area contributed by atoms with Gasteiger partial charge in [0, 0.05) is 51.3 Å². The van der Waals surface area contributed by atoms with Gasteiger partial charge in [-0.15, -0.1) is 0 Å². The Hall–Kier alpha value is -3.88. The van der Waals surface area contributed by atoms with Crippen molar-refractivity contribution in [3.8, 4) is 5.75 Å². The number of aliphatic hydroxyl groups excluding tert-OH is 3. The van der Waals surface area contributed by atoms with Crippen molar-refractivity contribution < 1.29 is 59.5 Å². The first-order valence-electron chi connectivity index (χ1n) is 10.8. The Morgan fingerprint density at radius 1 is 0.800 bits per heavy atom. The van der Waals surface area contributed by atoms with Gasteiger partial charge in [-0.25, -0.2) is 5.43 Å². The van der Waals surface area contributed by atoms with Crippen molar-refractivity contribution >= 4 is 24.2 Å². The van der Waals surface area contributed by atoms with Gasteiger partial charge in [-0.1, -0.05) is 66.4 Å². The first kappa shape index (κ1) is 43.2. The van der Waals surface area contributed by atoms with Crippen LogP contribution >= 0.6 is 0 Å². The molecular formula is C27H33N4O8V-5. The van der Waals surface area contributed by atoms with Gasteiger partial charge in [-0.2, -0.15) is 22.4 Å². The minimum Gasteiger partial charge on any atom is -2.00 e. The Morgan fingerprint density at radius 3 is 1.70 bits per heavy atom. The van der Waals surface area contributed by atoms with Crippen molar-refractivity contribution in [1.82, 2.24) is 5.43 Å². The molecule has 0 unspecified atom stereocenters. The third-order valence-electron chi connectivity index (χ3n) is 4.06. The average molecular weight is 593 g/mol. The van der Waals surface area contributed by atoms with Gasteiger partial charge in [0.05, 0.1) is 12.4 Å². The number of aryl methyl sites for hydroxylation is 1. The molecule has 0 atom stereocenters. The zero-order valence-electron chi connectivity index (χ0n) is 22.8. The van der Waals surface area contributed by atoms with Crippen LogP contribution in [0.15, 0.2) is 88.1 Å². The third kappa shape index (κ3) is 16.2. The molecule has 0 spiro atoms. The molecule has 3 aromatic rings. The standard InChI is InChI=1S/C23H20N4O3.3CH4O.CH3O.O.V/c1-16-12-19(14-24-26-22(29)17-8-4-2-5-9-17)21(28)20(13-16)15-25-27-23(30)18-10-6-3-7-11-18;4*1-2;;/h2-15,28H,1H3,(H,26,29)(H,27,30);3*2H,1H3;1H3;;/q;;;;-1;-2;/p-2/b24-14+,25-15+;;;;;;. The second-order valence-electron chi connectivity index (χ2n) is 6.35. The smallest absolute Gasteiger partial charge is 0.271 e. The van der Waals surface area contributed by atoms with Crippen LogP contribution in [0.2, 0.25) is 0 Å². The molecule has 0 bridgehead atoms. The molecule has 12 nitrogen and oxygen atoms in total. The zero-order valence-corrected chi connectivity index (χ0v) is 24.2. The molecule has 0 aliphatic heterocycles. The number of hydrazone groups is 1. The predicted octanol–water partition coefficient (Wildman–Crippen LogP) is -0.346. The molecule has 4 N–H and O–H groups in total. The Bertz CT molecular complexity index is 1130. The number of nitrogens with one attached hydrogen (secondary N) is 1. The fourth-order valence-electron chi connectivity index (χ4n) is 2.62. The number of nitrogens with zero attached hydrogens (tertiary/aromatic N) is 3. The number of hydrogen-bond donors (Lipinski definition) is 4. The molecule has 219 valence electrons. The van der Waals surface area contributed by atoms with Crippen molar-refractivity contribution in [2.75, 3.05) is 28.4 Å². The van der Waals surface area contributed by atoms with Crippen LogP contribution < -0.4 is 20.7 Å². The molecule has 3 rings (SSSR count). The van der Waals surface area contributed by atoms with Crippen molar-refractivity contribution in [2.24, 2.45) is 15.3 Å². The van der Waals surface area contributed by atoms with Crippen LogP contribution in [0.25, 0.3) is 0 Å². The first-order chi connectivity index (χ1) is 18.5. The van der Waals surface area contributed by atoms with Crippen molar-refractivity contribution in [1.29, 1.82) is 0 Å². The van der Waals surface area contributed by atoms with Crippen molar-refractivity contribution in [3.05, 3.63) is 101 Å². The first-order valence-corrected chi connectivity index (χ1v) is 10.8. The van der Waals surface area contributed by atoms with Crippen LogP contribution in [-0.2, 0) is 24.0 Å². The van der Waals surface area contributed by atoms with Gasteiger partial charge < -0.3 is 36.1 Å². The molecular weight excluding hydrogens is 559 g/mol. The molecule has 1 amide bonds. The van der Waals surface area contributed by atoms with Gasteiger partial charge in [0.2, 0.25) is 0 Å². The number of benzene rings is 3. The van der Waals surface area contributed by atoms with Crippen LogP contribution in [0.4, 0.5) is 0 Å². The van der Waals surface area contributed by atoms with Crippen molar-refractivity contribution in [2.45, 2.75) is 6.92 Å². The second-order valence-corrected chi connectivity index (χ2v) is 6.35. The van der Waals surface area contributed by atoms with E-state index in [1.54, 1.807) is 72.8 Å². The van der Waals surface area contributed by atoms with E-state index in [4.69, 9.17) is 20.4 Å². The monoisotopic (exact) mass is 592 g/mol. The number of hydrogen-bond acceptors (Lipinski definition) is 10. The van der Waals surface area contributed by atoms with Gasteiger partial charge in [0.15, 0.2) is 0 Å². The maximum atomic E-state index is 12.6. The topological polar surface area (TPSA) is 225 Å². The molecule has 13 heteroatoms. The normalized spacial score (nSPS) is 9.47. The second kappa shape index (κ2) is 28.1. The number of carbonyl (C=O) groups excluding carboxylic acids is 1. The Kier molecular flexibility index (Phi) is 30.4. The van der Waals surface area contributed by atoms with E-state index in [0.29, 0.717) is 11.1 Å². The SMILES string of the molecule is CO.CO.CO.C[O-].Cc1cc(/C=N/N=C(\[O-])c2ccccc2)c([O-])c(/C=N/NC(=O)c2ccccc2)c1.[O-2].[V]. The van der Waals surface area contributed by atoms with E-state index in [-0.39, 0.29) is 46.8 Å². The summed E-state index contributed by atoms with van der Waals surface area (Å²) in [6, 6.07) is 20.4. The van der Waals surface area contributed by atoms with Gasteiger partial charge >= 0.3 is 0 Å². The minimum absolute atomic E-state index is 0. The summed E-state index contributed by atoms with van der Waals surface area (Å²) in [4.78, 5) is 12.0. The maximum absolute atomic E-state index is 12.6. The van der Waals surface area contributed by atoms with Gasteiger partial charge in [-0.05, 0) is 41.3 Å². The summed E-state index contributed by atoms with van der Waals surface area (Å²) in [7, 11) is 3.75. The molecule has 0 aliphatic carbocycles. The van der Waals surface area contributed by atoms with Crippen LogP contribution in [0, 0.1) is 6.92 Å². The summed E-state index contributed by atoms with van der Waals surface area (Å²) in [6.07, 6.45) is 2.51. The molecule has 0 saturated heterocycles. The van der Waals surface area contributed by atoms with E-state index in [1.165, 1.54) is 12.4 Å². The average Bonchev–Trinajstić information content (AvgIpc) is 3.00. The molecule has 3 aromatic carbocycles. The van der Waals surface area contributed by atoms with E-state index in [0.717, 1.165) is 34.0 Å². The summed E-state index contributed by atoms with van der Waals surface area (Å²) in [5, 5.41) is 65.0. The van der Waals surface area contributed by atoms with Gasteiger partial charge in [0.25, 0.3) is 5.91 Å².